The van der Waals surface area contributed by atoms with E-state index in [1.54, 1.807) is 12.1 Å². The van der Waals surface area contributed by atoms with Gasteiger partial charge in [-0.25, -0.2) is 8.42 Å². The Balaban J connectivity index is 2.13. The van der Waals surface area contributed by atoms with Gasteiger partial charge >= 0.3 is 0 Å². The molecule has 1 aliphatic rings. The lowest BCUT2D eigenvalue weighted by atomic mass is 9.94. The summed E-state index contributed by atoms with van der Waals surface area (Å²) in [7, 11) is -3.19. The summed E-state index contributed by atoms with van der Waals surface area (Å²) >= 11 is 0. The van der Waals surface area contributed by atoms with Crippen LogP contribution in [0.5, 0.6) is 0 Å². The van der Waals surface area contributed by atoms with Gasteiger partial charge in [-0.15, -0.1) is 0 Å². The number of nitrogens with two attached hydrogens (primary N) is 1. The fourth-order valence-electron chi connectivity index (χ4n) is 2.42. The number of nitrogens with one attached hydrogen (secondary N) is 1. The van der Waals surface area contributed by atoms with Crippen LogP contribution in [0.15, 0.2) is 24.3 Å². The fourth-order valence-corrected chi connectivity index (χ4v) is 2.98. The number of hydrogen-bond donors (Lipinski definition) is 2. The number of rotatable bonds is 3. The third-order valence-electron chi connectivity index (χ3n) is 3.21. The normalized spacial score (nSPS) is 24.8. The van der Waals surface area contributed by atoms with Gasteiger partial charge in [-0.1, -0.05) is 18.6 Å². The molecular formula is C12H18N2O2S. The minimum atomic E-state index is -3.19. The molecule has 2 unspecified atom stereocenters. The lowest BCUT2D eigenvalue weighted by Crippen LogP contribution is -2.22. The molecule has 1 fully saturated rings. The minimum absolute atomic E-state index is 0.240. The third kappa shape index (κ3) is 3.20. The maximum absolute atomic E-state index is 11.1. The summed E-state index contributed by atoms with van der Waals surface area (Å²) < 4.78 is 24.6. The van der Waals surface area contributed by atoms with E-state index in [0.717, 1.165) is 19.1 Å². The van der Waals surface area contributed by atoms with E-state index in [1.807, 2.05) is 12.1 Å². The van der Waals surface area contributed by atoms with E-state index in [-0.39, 0.29) is 6.04 Å². The largest absolute Gasteiger partial charge is 0.327 e. The van der Waals surface area contributed by atoms with Crippen LogP contribution >= 0.6 is 0 Å². The number of hydrogen-bond acceptors (Lipinski definition) is 3. The molecule has 0 aromatic heterocycles. The van der Waals surface area contributed by atoms with Gasteiger partial charge in [0.2, 0.25) is 10.0 Å². The molecular weight excluding hydrogens is 236 g/mol. The van der Waals surface area contributed by atoms with Crippen LogP contribution in [-0.4, -0.2) is 20.7 Å². The van der Waals surface area contributed by atoms with Crippen LogP contribution in [-0.2, 0) is 10.0 Å². The van der Waals surface area contributed by atoms with Crippen LogP contribution in [0.2, 0.25) is 0 Å². The molecule has 0 saturated heterocycles. The molecule has 0 bridgehead atoms. The Morgan fingerprint density at radius 3 is 2.35 bits per heavy atom. The van der Waals surface area contributed by atoms with Crippen molar-refractivity contribution in [3.05, 3.63) is 29.8 Å². The average Bonchev–Trinajstić information content (AvgIpc) is 2.63. The summed E-state index contributed by atoms with van der Waals surface area (Å²) in [5.74, 6) is 0.419. The molecule has 0 amide bonds. The first kappa shape index (κ1) is 12.4. The summed E-state index contributed by atoms with van der Waals surface area (Å²) in [5.41, 5.74) is 7.84. The molecule has 17 heavy (non-hydrogen) atoms. The zero-order chi connectivity index (χ0) is 12.5. The summed E-state index contributed by atoms with van der Waals surface area (Å²) in [6.45, 7) is 0. The molecule has 2 atom stereocenters. The van der Waals surface area contributed by atoms with Gasteiger partial charge in [-0.3, -0.25) is 4.72 Å². The van der Waals surface area contributed by atoms with E-state index >= 15 is 0 Å². The van der Waals surface area contributed by atoms with Gasteiger partial charge in [-0.05, 0) is 36.5 Å². The van der Waals surface area contributed by atoms with E-state index in [2.05, 4.69) is 4.72 Å². The fraction of sp³-hybridized carbons (Fsp3) is 0.500. The highest BCUT2D eigenvalue weighted by Gasteiger charge is 2.25. The van der Waals surface area contributed by atoms with E-state index in [4.69, 9.17) is 5.73 Å². The van der Waals surface area contributed by atoms with E-state index in [1.165, 1.54) is 12.0 Å². The van der Waals surface area contributed by atoms with Crippen LogP contribution in [0.3, 0.4) is 0 Å². The maximum Gasteiger partial charge on any atom is 0.229 e. The smallest absolute Gasteiger partial charge is 0.229 e. The highest BCUT2D eigenvalue weighted by molar-refractivity contribution is 7.92. The molecule has 2 rings (SSSR count). The highest BCUT2D eigenvalue weighted by atomic mass is 32.2. The molecule has 5 heteroatoms. The summed E-state index contributed by atoms with van der Waals surface area (Å²) in [6.07, 6.45) is 4.52. The standard InChI is InChI=1S/C12H18N2O2S/c1-17(15,16)14-10-7-5-9(6-8-10)11-3-2-4-12(11)13/h5-8,11-12,14H,2-4,13H2,1H3. The first-order chi connectivity index (χ1) is 7.96. The second kappa shape index (κ2) is 4.66. The second-order valence-corrected chi connectivity index (χ2v) is 6.45. The maximum atomic E-state index is 11.1. The van der Waals surface area contributed by atoms with Gasteiger partial charge in [0.15, 0.2) is 0 Å². The Morgan fingerprint density at radius 2 is 1.88 bits per heavy atom. The zero-order valence-corrected chi connectivity index (χ0v) is 10.7. The van der Waals surface area contributed by atoms with Gasteiger partial charge in [0.1, 0.15) is 0 Å². The molecule has 3 N–H and O–H groups in total. The van der Waals surface area contributed by atoms with E-state index in [0.29, 0.717) is 11.6 Å². The van der Waals surface area contributed by atoms with Crippen molar-refractivity contribution in [2.75, 3.05) is 11.0 Å². The van der Waals surface area contributed by atoms with Crippen LogP contribution < -0.4 is 10.5 Å². The molecule has 0 spiro atoms. The Morgan fingerprint density at radius 1 is 1.24 bits per heavy atom. The summed E-state index contributed by atoms with van der Waals surface area (Å²) in [4.78, 5) is 0. The number of anilines is 1. The predicted molar refractivity (Wildman–Crippen MR) is 69.5 cm³/mol. The van der Waals surface area contributed by atoms with Crippen molar-refractivity contribution >= 4 is 15.7 Å². The summed E-state index contributed by atoms with van der Waals surface area (Å²) in [5, 5.41) is 0. The van der Waals surface area contributed by atoms with Crippen molar-refractivity contribution in [3.8, 4) is 0 Å². The van der Waals surface area contributed by atoms with Crippen LogP contribution in [0, 0.1) is 0 Å². The van der Waals surface area contributed by atoms with Crippen molar-refractivity contribution in [1.82, 2.24) is 0 Å². The molecule has 0 radical (unpaired) electrons. The van der Waals surface area contributed by atoms with Gasteiger partial charge in [-0.2, -0.15) is 0 Å². The quantitative estimate of drug-likeness (QED) is 0.861. The molecule has 4 nitrogen and oxygen atoms in total. The van der Waals surface area contributed by atoms with Crippen LogP contribution in [0.25, 0.3) is 0 Å². The molecule has 0 aliphatic heterocycles. The Labute approximate surface area is 102 Å². The zero-order valence-electron chi connectivity index (χ0n) is 9.89. The van der Waals surface area contributed by atoms with Crippen molar-refractivity contribution < 1.29 is 8.42 Å². The first-order valence-electron chi connectivity index (χ1n) is 5.79. The van der Waals surface area contributed by atoms with Crippen molar-refractivity contribution in [1.29, 1.82) is 0 Å². The SMILES string of the molecule is CS(=O)(=O)Nc1ccc(C2CCCC2N)cc1. The van der Waals surface area contributed by atoms with Crippen molar-refractivity contribution in [2.45, 2.75) is 31.2 Å². The van der Waals surface area contributed by atoms with Crippen molar-refractivity contribution in [3.63, 3.8) is 0 Å². The van der Waals surface area contributed by atoms with Crippen LogP contribution in [0.4, 0.5) is 5.69 Å². The average molecular weight is 254 g/mol. The lowest BCUT2D eigenvalue weighted by Gasteiger charge is -2.16. The number of benzene rings is 1. The topological polar surface area (TPSA) is 72.2 Å². The molecule has 0 heterocycles. The molecule has 1 aromatic carbocycles. The van der Waals surface area contributed by atoms with Gasteiger partial charge < -0.3 is 5.73 Å². The molecule has 1 aliphatic carbocycles. The van der Waals surface area contributed by atoms with Gasteiger partial charge in [0.25, 0.3) is 0 Å². The monoisotopic (exact) mass is 254 g/mol. The Hall–Kier alpha value is -1.07. The highest BCUT2D eigenvalue weighted by Crippen LogP contribution is 2.33. The molecule has 1 aromatic rings. The first-order valence-corrected chi connectivity index (χ1v) is 7.68. The Bertz CT molecular complexity index is 482. The Kier molecular flexibility index (Phi) is 3.40. The third-order valence-corrected chi connectivity index (χ3v) is 3.82. The molecule has 94 valence electrons. The van der Waals surface area contributed by atoms with Crippen molar-refractivity contribution in [2.24, 2.45) is 5.73 Å². The minimum Gasteiger partial charge on any atom is -0.327 e. The molecule has 1 saturated carbocycles. The van der Waals surface area contributed by atoms with E-state index < -0.39 is 10.0 Å². The summed E-state index contributed by atoms with van der Waals surface area (Å²) in [6, 6.07) is 7.75. The van der Waals surface area contributed by atoms with Crippen LogP contribution in [0.1, 0.15) is 30.7 Å². The predicted octanol–water partition coefficient (Wildman–Crippen LogP) is 1.65. The number of sulfonamides is 1. The van der Waals surface area contributed by atoms with Gasteiger partial charge in [0, 0.05) is 11.7 Å². The van der Waals surface area contributed by atoms with E-state index in [9.17, 15) is 8.42 Å². The second-order valence-electron chi connectivity index (χ2n) is 4.70. The van der Waals surface area contributed by atoms with Gasteiger partial charge in [0.05, 0.1) is 6.26 Å². The lowest BCUT2D eigenvalue weighted by molar-refractivity contribution is 0.606.